The molecule has 1 unspecified atom stereocenters. The average molecular weight is 318 g/mol. The van der Waals surface area contributed by atoms with Crippen LogP contribution in [0.3, 0.4) is 0 Å². The molecule has 0 heterocycles. The lowest BCUT2D eigenvalue weighted by Gasteiger charge is -2.10. The summed E-state index contributed by atoms with van der Waals surface area (Å²) in [6.45, 7) is 0. The highest BCUT2D eigenvalue weighted by Crippen LogP contribution is 2.27. The van der Waals surface area contributed by atoms with Gasteiger partial charge in [-0.1, -0.05) is 54.3 Å². The molecule has 3 heteroatoms. The fraction of sp³-hybridized carbons (Fsp3) is 0.0476. The highest BCUT2D eigenvalue weighted by molar-refractivity contribution is 5.40. The van der Waals surface area contributed by atoms with Gasteiger partial charge in [-0.2, -0.15) is 0 Å². The number of rotatable bonds is 3. The zero-order chi connectivity index (χ0) is 16.8. The van der Waals surface area contributed by atoms with Crippen molar-refractivity contribution in [1.29, 1.82) is 0 Å². The number of aliphatic hydroxyl groups excluding tert-OH is 1. The molecular weight excluding hydrogens is 303 g/mol. The quantitative estimate of drug-likeness (QED) is 0.709. The predicted molar refractivity (Wildman–Crippen MR) is 91.2 cm³/mol. The Morgan fingerprint density at radius 1 is 0.875 bits per heavy atom. The summed E-state index contributed by atoms with van der Waals surface area (Å²) in [5.74, 6) is 5.73. The molecule has 1 atom stereocenters. The van der Waals surface area contributed by atoms with Crippen LogP contribution in [-0.2, 0) is 0 Å². The van der Waals surface area contributed by atoms with Gasteiger partial charge in [0.2, 0.25) is 0 Å². The van der Waals surface area contributed by atoms with E-state index in [-0.39, 0.29) is 5.75 Å². The van der Waals surface area contributed by atoms with E-state index in [0.29, 0.717) is 11.3 Å². The largest absolute Gasteiger partial charge is 0.454 e. The standard InChI is InChI=1S/C21H15FO2/c22-19-13-12-17(15-21(19)24-18-9-5-2-6-10-18)20(23)14-11-16-7-3-1-4-8-16/h1-10,12-13,15,20,23H. The minimum atomic E-state index is -1.02. The molecule has 24 heavy (non-hydrogen) atoms. The Hall–Kier alpha value is -3.09. The van der Waals surface area contributed by atoms with Gasteiger partial charge in [0, 0.05) is 5.56 Å². The molecular formula is C21H15FO2. The van der Waals surface area contributed by atoms with Crippen LogP contribution in [-0.4, -0.2) is 5.11 Å². The highest BCUT2D eigenvalue weighted by atomic mass is 19.1. The summed E-state index contributed by atoms with van der Waals surface area (Å²) < 4.78 is 19.5. The molecule has 2 nitrogen and oxygen atoms in total. The van der Waals surface area contributed by atoms with Crippen LogP contribution in [0.1, 0.15) is 17.2 Å². The fourth-order valence-electron chi connectivity index (χ4n) is 2.14. The minimum Gasteiger partial charge on any atom is -0.454 e. The Labute approximate surface area is 140 Å². The SMILES string of the molecule is OC(C#Cc1ccccc1)c1ccc(F)c(Oc2ccccc2)c1. The second kappa shape index (κ2) is 7.45. The Morgan fingerprint density at radius 2 is 1.54 bits per heavy atom. The Kier molecular flexibility index (Phi) is 4.90. The lowest BCUT2D eigenvalue weighted by atomic mass is 10.1. The summed E-state index contributed by atoms with van der Waals surface area (Å²) in [7, 11) is 0. The normalized spacial score (nSPS) is 11.2. The van der Waals surface area contributed by atoms with E-state index < -0.39 is 11.9 Å². The Balaban J connectivity index is 1.81. The summed E-state index contributed by atoms with van der Waals surface area (Å²) in [6.07, 6.45) is -1.02. The number of halogens is 1. The van der Waals surface area contributed by atoms with E-state index in [4.69, 9.17) is 4.74 Å². The molecule has 3 aromatic carbocycles. The van der Waals surface area contributed by atoms with Crippen LogP contribution in [0.4, 0.5) is 4.39 Å². The van der Waals surface area contributed by atoms with Gasteiger partial charge in [-0.05, 0) is 42.0 Å². The second-order valence-corrected chi connectivity index (χ2v) is 5.14. The Morgan fingerprint density at radius 3 is 2.25 bits per heavy atom. The van der Waals surface area contributed by atoms with E-state index in [0.717, 1.165) is 5.56 Å². The predicted octanol–water partition coefficient (Wildman–Crippen LogP) is 4.70. The van der Waals surface area contributed by atoms with Crippen LogP contribution in [0, 0.1) is 17.7 Å². The maximum absolute atomic E-state index is 13.9. The van der Waals surface area contributed by atoms with Crippen LogP contribution in [0.5, 0.6) is 11.5 Å². The van der Waals surface area contributed by atoms with Crippen LogP contribution >= 0.6 is 0 Å². The maximum Gasteiger partial charge on any atom is 0.165 e. The van der Waals surface area contributed by atoms with Gasteiger partial charge in [-0.15, -0.1) is 0 Å². The van der Waals surface area contributed by atoms with Crippen molar-refractivity contribution >= 4 is 0 Å². The lowest BCUT2D eigenvalue weighted by molar-refractivity contribution is 0.237. The van der Waals surface area contributed by atoms with E-state index in [1.165, 1.54) is 18.2 Å². The number of hydrogen-bond acceptors (Lipinski definition) is 2. The van der Waals surface area contributed by atoms with Crippen molar-refractivity contribution in [3.05, 3.63) is 95.8 Å². The number of aliphatic hydroxyl groups is 1. The summed E-state index contributed by atoms with van der Waals surface area (Å²) in [5.41, 5.74) is 1.28. The summed E-state index contributed by atoms with van der Waals surface area (Å²) in [5, 5.41) is 10.2. The zero-order valence-corrected chi connectivity index (χ0v) is 12.8. The van der Waals surface area contributed by atoms with Crippen molar-refractivity contribution in [2.45, 2.75) is 6.10 Å². The van der Waals surface area contributed by atoms with Gasteiger partial charge >= 0.3 is 0 Å². The summed E-state index contributed by atoms with van der Waals surface area (Å²) >= 11 is 0. The first-order valence-corrected chi connectivity index (χ1v) is 7.49. The molecule has 0 bridgehead atoms. The van der Waals surface area contributed by atoms with E-state index in [2.05, 4.69) is 11.8 Å². The van der Waals surface area contributed by atoms with E-state index >= 15 is 0 Å². The molecule has 0 amide bonds. The van der Waals surface area contributed by atoms with E-state index in [1.54, 1.807) is 24.3 Å². The molecule has 0 aliphatic rings. The van der Waals surface area contributed by atoms with Crippen molar-refractivity contribution in [3.63, 3.8) is 0 Å². The van der Waals surface area contributed by atoms with Gasteiger partial charge < -0.3 is 9.84 Å². The summed E-state index contributed by atoms with van der Waals surface area (Å²) in [4.78, 5) is 0. The highest BCUT2D eigenvalue weighted by Gasteiger charge is 2.10. The maximum atomic E-state index is 13.9. The van der Waals surface area contributed by atoms with Crippen molar-refractivity contribution in [2.24, 2.45) is 0 Å². The van der Waals surface area contributed by atoms with Crippen molar-refractivity contribution in [2.75, 3.05) is 0 Å². The third-order valence-corrected chi connectivity index (χ3v) is 3.37. The molecule has 3 rings (SSSR count). The van der Waals surface area contributed by atoms with Gasteiger partial charge in [-0.3, -0.25) is 0 Å². The molecule has 0 spiro atoms. The van der Waals surface area contributed by atoms with Crippen LogP contribution in [0.25, 0.3) is 0 Å². The van der Waals surface area contributed by atoms with E-state index in [9.17, 15) is 9.50 Å². The summed E-state index contributed by atoms with van der Waals surface area (Å²) in [6, 6.07) is 22.5. The second-order valence-electron chi connectivity index (χ2n) is 5.14. The molecule has 0 saturated carbocycles. The average Bonchev–Trinajstić information content (AvgIpc) is 2.63. The first kappa shape index (κ1) is 15.8. The van der Waals surface area contributed by atoms with Gasteiger partial charge in [0.15, 0.2) is 11.6 Å². The molecule has 0 saturated heterocycles. The first-order chi connectivity index (χ1) is 11.7. The third-order valence-electron chi connectivity index (χ3n) is 3.37. The molecule has 118 valence electrons. The van der Waals surface area contributed by atoms with Crippen molar-refractivity contribution in [1.82, 2.24) is 0 Å². The fourth-order valence-corrected chi connectivity index (χ4v) is 2.14. The van der Waals surface area contributed by atoms with Crippen molar-refractivity contribution in [3.8, 4) is 23.3 Å². The van der Waals surface area contributed by atoms with Gasteiger partial charge in [0.1, 0.15) is 11.9 Å². The van der Waals surface area contributed by atoms with E-state index in [1.807, 2.05) is 36.4 Å². The topological polar surface area (TPSA) is 29.5 Å². The first-order valence-electron chi connectivity index (χ1n) is 7.49. The zero-order valence-electron chi connectivity index (χ0n) is 12.8. The number of ether oxygens (including phenoxy) is 1. The molecule has 3 aromatic rings. The number of benzene rings is 3. The van der Waals surface area contributed by atoms with Crippen LogP contribution < -0.4 is 4.74 Å². The lowest BCUT2D eigenvalue weighted by Crippen LogP contribution is -1.96. The number of hydrogen-bond donors (Lipinski definition) is 1. The monoisotopic (exact) mass is 318 g/mol. The smallest absolute Gasteiger partial charge is 0.165 e. The van der Waals surface area contributed by atoms with Gasteiger partial charge in [0.25, 0.3) is 0 Å². The molecule has 0 radical (unpaired) electrons. The van der Waals surface area contributed by atoms with Gasteiger partial charge in [0.05, 0.1) is 0 Å². The minimum absolute atomic E-state index is 0.0549. The van der Waals surface area contributed by atoms with Crippen LogP contribution in [0.2, 0.25) is 0 Å². The number of para-hydroxylation sites is 1. The molecule has 0 aromatic heterocycles. The Bertz CT molecular complexity index is 865. The van der Waals surface area contributed by atoms with Gasteiger partial charge in [-0.25, -0.2) is 4.39 Å². The molecule has 0 aliphatic carbocycles. The molecule has 1 N–H and O–H groups in total. The third kappa shape index (κ3) is 4.01. The molecule has 0 aliphatic heterocycles. The van der Waals surface area contributed by atoms with Crippen LogP contribution in [0.15, 0.2) is 78.9 Å². The molecule has 0 fully saturated rings. The van der Waals surface area contributed by atoms with Crippen molar-refractivity contribution < 1.29 is 14.2 Å².